The van der Waals surface area contributed by atoms with Crippen molar-refractivity contribution in [1.29, 1.82) is 0 Å². The first kappa shape index (κ1) is 15.3. The molecular formula is C18H19N3O2. The number of hydrogen-bond acceptors (Lipinski definition) is 4. The number of rotatable bonds is 4. The Kier molecular flexibility index (Phi) is 4.76. The Morgan fingerprint density at radius 1 is 1.09 bits per heavy atom. The van der Waals surface area contributed by atoms with Gasteiger partial charge in [-0.25, -0.2) is 0 Å². The van der Waals surface area contributed by atoms with E-state index in [-0.39, 0.29) is 24.0 Å². The second-order valence-corrected chi connectivity index (χ2v) is 5.76. The van der Waals surface area contributed by atoms with Gasteiger partial charge in [-0.3, -0.25) is 19.6 Å². The Morgan fingerprint density at radius 2 is 1.87 bits per heavy atom. The molecule has 1 aliphatic rings. The molecule has 0 saturated carbocycles. The molecule has 3 rings (SSSR count). The third kappa shape index (κ3) is 3.80. The first-order chi connectivity index (χ1) is 11.2. The van der Waals surface area contributed by atoms with Crippen LogP contribution in [-0.2, 0) is 11.2 Å². The average molecular weight is 309 g/mol. The maximum Gasteiger partial charge on any atom is 0.228 e. The Labute approximate surface area is 135 Å². The Hall–Kier alpha value is -2.56. The minimum Gasteiger partial charge on any atom is -0.342 e. The molecule has 5 heteroatoms. The molecule has 1 amide bonds. The van der Waals surface area contributed by atoms with Crippen LogP contribution in [0.3, 0.4) is 0 Å². The van der Waals surface area contributed by atoms with Crippen LogP contribution in [0.2, 0.25) is 0 Å². The molecule has 0 spiro atoms. The highest BCUT2D eigenvalue weighted by Gasteiger charge is 2.29. The number of ketones is 1. The van der Waals surface area contributed by atoms with Crippen LogP contribution < -0.4 is 0 Å². The lowest BCUT2D eigenvalue weighted by Gasteiger charge is -2.32. The zero-order valence-electron chi connectivity index (χ0n) is 12.9. The molecule has 1 saturated heterocycles. The maximum absolute atomic E-state index is 12.5. The highest BCUT2D eigenvalue weighted by Crippen LogP contribution is 2.20. The van der Waals surface area contributed by atoms with Gasteiger partial charge in [-0.2, -0.15) is 0 Å². The molecule has 0 unspecified atom stereocenters. The summed E-state index contributed by atoms with van der Waals surface area (Å²) in [7, 11) is 0. The zero-order chi connectivity index (χ0) is 16.1. The van der Waals surface area contributed by atoms with Crippen LogP contribution in [0, 0.1) is 5.92 Å². The molecular weight excluding hydrogens is 290 g/mol. The fourth-order valence-electron chi connectivity index (χ4n) is 2.90. The quantitative estimate of drug-likeness (QED) is 0.812. The van der Waals surface area contributed by atoms with Crippen molar-refractivity contribution >= 4 is 11.7 Å². The third-order valence-corrected chi connectivity index (χ3v) is 4.12. The molecule has 3 heterocycles. The molecule has 2 aromatic heterocycles. The lowest BCUT2D eigenvalue weighted by molar-refractivity contribution is -0.131. The summed E-state index contributed by atoms with van der Waals surface area (Å²) in [5, 5.41) is 0. The molecule has 1 atom stereocenters. The van der Waals surface area contributed by atoms with Crippen molar-refractivity contribution in [2.24, 2.45) is 5.92 Å². The molecule has 0 aromatic carbocycles. The van der Waals surface area contributed by atoms with Gasteiger partial charge in [0.15, 0.2) is 5.78 Å². The first-order valence-electron chi connectivity index (χ1n) is 7.87. The van der Waals surface area contributed by atoms with Crippen molar-refractivity contribution in [3.8, 4) is 0 Å². The topological polar surface area (TPSA) is 63.2 Å². The standard InChI is InChI=1S/C18H19N3O2/c22-17(12-15-7-1-3-9-19-15)21-11-5-6-14(13-21)18(23)16-8-2-4-10-20-16/h1-4,7-10,14H,5-6,11-13H2/t14-/m1/s1. The van der Waals surface area contributed by atoms with Crippen LogP contribution in [0.15, 0.2) is 48.8 Å². The van der Waals surface area contributed by atoms with E-state index in [0.29, 0.717) is 18.8 Å². The molecule has 0 radical (unpaired) electrons. The summed E-state index contributed by atoms with van der Waals surface area (Å²) in [5.74, 6) is -0.102. The number of likely N-dealkylation sites (tertiary alicyclic amines) is 1. The van der Waals surface area contributed by atoms with E-state index in [1.807, 2.05) is 24.3 Å². The first-order valence-corrected chi connectivity index (χ1v) is 7.87. The average Bonchev–Trinajstić information content (AvgIpc) is 2.63. The van der Waals surface area contributed by atoms with Crippen molar-refractivity contribution in [2.45, 2.75) is 19.3 Å². The van der Waals surface area contributed by atoms with Gasteiger partial charge in [-0.1, -0.05) is 12.1 Å². The molecule has 1 aliphatic heterocycles. The molecule has 1 fully saturated rings. The van der Waals surface area contributed by atoms with Gasteiger partial charge in [0.1, 0.15) is 5.69 Å². The lowest BCUT2D eigenvalue weighted by Crippen LogP contribution is -2.43. The fraction of sp³-hybridized carbons (Fsp3) is 0.333. The number of carbonyl (C=O) groups is 2. The van der Waals surface area contributed by atoms with E-state index in [2.05, 4.69) is 9.97 Å². The second-order valence-electron chi connectivity index (χ2n) is 5.76. The van der Waals surface area contributed by atoms with Gasteiger partial charge < -0.3 is 4.90 Å². The molecule has 2 aromatic rings. The number of aromatic nitrogens is 2. The summed E-state index contributed by atoms with van der Waals surface area (Å²) < 4.78 is 0. The third-order valence-electron chi connectivity index (χ3n) is 4.12. The predicted octanol–water partition coefficient (Wildman–Crippen LogP) is 2.14. The van der Waals surface area contributed by atoms with E-state index in [1.165, 1.54) is 0 Å². The lowest BCUT2D eigenvalue weighted by atomic mass is 9.91. The Bertz CT molecular complexity index is 673. The Morgan fingerprint density at radius 3 is 2.57 bits per heavy atom. The van der Waals surface area contributed by atoms with Crippen LogP contribution >= 0.6 is 0 Å². The minimum atomic E-state index is -0.161. The van der Waals surface area contributed by atoms with E-state index in [0.717, 1.165) is 18.5 Å². The molecule has 0 bridgehead atoms. The van der Waals surface area contributed by atoms with Gasteiger partial charge in [0.25, 0.3) is 0 Å². The van der Waals surface area contributed by atoms with E-state index in [1.54, 1.807) is 29.4 Å². The highest BCUT2D eigenvalue weighted by atomic mass is 16.2. The normalized spacial score (nSPS) is 17.7. The number of nitrogens with zero attached hydrogens (tertiary/aromatic N) is 3. The van der Waals surface area contributed by atoms with Crippen LogP contribution in [-0.4, -0.2) is 39.6 Å². The van der Waals surface area contributed by atoms with Gasteiger partial charge in [0, 0.05) is 37.1 Å². The van der Waals surface area contributed by atoms with Crippen molar-refractivity contribution in [1.82, 2.24) is 14.9 Å². The summed E-state index contributed by atoms with van der Waals surface area (Å²) >= 11 is 0. The summed E-state index contributed by atoms with van der Waals surface area (Å²) in [6.07, 6.45) is 5.25. The number of Topliss-reactive ketones (excluding diaryl/α,β-unsaturated/α-hetero) is 1. The zero-order valence-corrected chi connectivity index (χ0v) is 12.9. The maximum atomic E-state index is 12.5. The van der Waals surface area contributed by atoms with Crippen LogP contribution in [0.25, 0.3) is 0 Å². The number of piperidine rings is 1. The monoisotopic (exact) mass is 309 g/mol. The second kappa shape index (κ2) is 7.13. The number of hydrogen-bond donors (Lipinski definition) is 0. The van der Waals surface area contributed by atoms with Crippen molar-refractivity contribution < 1.29 is 9.59 Å². The molecule has 0 N–H and O–H groups in total. The smallest absolute Gasteiger partial charge is 0.228 e. The summed E-state index contributed by atoms with van der Waals surface area (Å²) in [5.41, 5.74) is 1.24. The van der Waals surface area contributed by atoms with E-state index in [4.69, 9.17) is 0 Å². The SMILES string of the molecule is O=C(c1ccccn1)[C@@H]1CCCN(C(=O)Cc2ccccn2)C1. The highest BCUT2D eigenvalue weighted by molar-refractivity contribution is 5.96. The van der Waals surface area contributed by atoms with Crippen LogP contribution in [0.4, 0.5) is 0 Å². The summed E-state index contributed by atoms with van der Waals surface area (Å²) in [6, 6.07) is 10.9. The summed E-state index contributed by atoms with van der Waals surface area (Å²) in [4.78, 5) is 35.0. The number of pyridine rings is 2. The van der Waals surface area contributed by atoms with E-state index < -0.39 is 0 Å². The largest absolute Gasteiger partial charge is 0.342 e. The van der Waals surface area contributed by atoms with Crippen molar-refractivity contribution in [3.63, 3.8) is 0 Å². The molecule has 118 valence electrons. The van der Waals surface area contributed by atoms with Gasteiger partial charge in [0.2, 0.25) is 5.91 Å². The van der Waals surface area contributed by atoms with E-state index >= 15 is 0 Å². The minimum absolute atomic E-state index is 0.0286. The molecule has 5 nitrogen and oxygen atoms in total. The predicted molar refractivity (Wildman–Crippen MR) is 85.8 cm³/mol. The van der Waals surface area contributed by atoms with Crippen LogP contribution in [0.5, 0.6) is 0 Å². The van der Waals surface area contributed by atoms with Gasteiger partial charge in [-0.05, 0) is 37.1 Å². The molecule has 23 heavy (non-hydrogen) atoms. The summed E-state index contributed by atoms with van der Waals surface area (Å²) in [6.45, 7) is 1.18. The fourth-order valence-corrected chi connectivity index (χ4v) is 2.90. The van der Waals surface area contributed by atoms with Gasteiger partial charge in [0.05, 0.1) is 6.42 Å². The number of amides is 1. The van der Waals surface area contributed by atoms with Gasteiger partial charge in [-0.15, -0.1) is 0 Å². The number of carbonyl (C=O) groups excluding carboxylic acids is 2. The van der Waals surface area contributed by atoms with Crippen LogP contribution in [0.1, 0.15) is 29.0 Å². The molecule has 0 aliphatic carbocycles. The van der Waals surface area contributed by atoms with Gasteiger partial charge >= 0.3 is 0 Å². The van der Waals surface area contributed by atoms with E-state index in [9.17, 15) is 9.59 Å². The van der Waals surface area contributed by atoms with Crippen molar-refractivity contribution in [3.05, 3.63) is 60.2 Å². The van der Waals surface area contributed by atoms with Crippen molar-refractivity contribution in [2.75, 3.05) is 13.1 Å². The Balaban J connectivity index is 1.64.